The minimum absolute atomic E-state index is 0.338. The summed E-state index contributed by atoms with van der Waals surface area (Å²) in [6.07, 6.45) is 3.65. The maximum Gasteiger partial charge on any atom is 0.138 e. The van der Waals surface area contributed by atoms with Gasteiger partial charge in [0.15, 0.2) is 0 Å². The molecule has 0 spiro atoms. The molecule has 0 aromatic carbocycles. The molecule has 1 atom stereocenters. The SMILES string of the molecule is CCNC(Cc1ncnn1CC)c1ccc(CC)s1. The molecule has 2 rings (SSSR count). The smallest absolute Gasteiger partial charge is 0.138 e. The number of aromatic nitrogens is 3. The van der Waals surface area contributed by atoms with Gasteiger partial charge in [0.25, 0.3) is 0 Å². The Morgan fingerprint density at radius 1 is 1.32 bits per heavy atom. The molecule has 2 heterocycles. The zero-order valence-corrected chi connectivity index (χ0v) is 12.7. The Hall–Kier alpha value is -1.20. The average molecular weight is 278 g/mol. The summed E-state index contributed by atoms with van der Waals surface area (Å²) < 4.78 is 1.97. The Labute approximate surface area is 118 Å². The molecule has 0 bridgehead atoms. The number of thiophene rings is 1. The van der Waals surface area contributed by atoms with Crippen molar-refractivity contribution in [3.63, 3.8) is 0 Å². The molecule has 0 aliphatic carbocycles. The number of likely N-dealkylation sites (N-methyl/N-ethyl adjacent to an activating group) is 1. The second kappa shape index (κ2) is 6.82. The predicted molar refractivity (Wildman–Crippen MR) is 79.5 cm³/mol. The fourth-order valence-corrected chi connectivity index (χ4v) is 3.21. The number of rotatable bonds is 7. The van der Waals surface area contributed by atoms with Crippen molar-refractivity contribution < 1.29 is 0 Å². The van der Waals surface area contributed by atoms with Crippen LogP contribution >= 0.6 is 11.3 Å². The topological polar surface area (TPSA) is 42.7 Å². The summed E-state index contributed by atoms with van der Waals surface area (Å²) in [5.41, 5.74) is 0. The molecule has 1 unspecified atom stereocenters. The Morgan fingerprint density at radius 3 is 2.79 bits per heavy atom. The zero-order valence-electron chi connectivity index (χ0n) is 11.9. The molecule has 0 aliphatic heterocycles. The lowest BCUT2D eigenvalue weighted by atomic mass is 10.1. The maximum atomic E-state index is 4.38. The monoisotopic (exact) mass is 278 g/mol. The number of hydrogen-bond acceptors (Lipinski definition) is 4. The van der Waals surface area contributed by atoms with Gasteiger partial charge in [-0.15, -0.1) is 11.3 Å². The summed E-state index contributed by atoms with van der Waals surface area (Å²) in [7, 11) is 0. The van der Waals surface area contributed by atoms with Gasteiger partial charge in [0, 0.05) is 28.8 Å². The van der Waals surface area contributed by atoms with Crippen molar-refractivity contribution in [3.8, 4) is 0 Å². The highest BCUT2D eigenvalue weighted by Crippen LogP contribution is 2.26. The number of hydrogen-bond donors (Lipinski definition) is 1. The van der Waals surface area contributed by atoms with Gasteiger partial charge in [-0.25, -0.2) is 4.98 Å². The Morgan fingerprint density at radius 2 is 2.16 bits per heavy atom. The van der Waals surface area contributed by atoms with Crippen molar-refractivity contribution >= 4 is 11.3 Å². The van der Waals surface area contributed by atoms with E-state index in [4.69, 9.17) is 0 Å². The van der Waals surface area contributed by atoms with Gasteiger partial charge >= 0.3 is 0 Å². The molecular weight excluding hydrogens is 256 g/mol. The highest BCUT2D eigenvalue weighted by molar-refractivity contribution is 7.12. The van der Waals surface area contributed by atoms with Crippen LogP contribution in [0.15, 0.2) is 18.5 Å². The van der Waals surface area contributed by atoms with Crippen LogP contribution in [0.5, 0.6) is 0 Å². The average Bonchev–Trinajstić information content (AvgIpc) is 3.06. The quantitative estimate of drug-likeness (QED) is 0.847. The zero-order chi connectivity index (χ0) is 13.7. The third-order valence-corrected chi connectivity index (χ3v) is 4.55. The van der Waals surface area contributed by atoms with Crippen LogP contribution < -0.4 is 5.32 Å². The first-order chi connectivity index (χ1) is 9.28. The summed E-state index contributed by atoms with van der Waals surface area (Å²) in [4.78, 5) is 7.21. The molecule has 2 aromatic rings. The van der Waals surface area contributed by atoms with Crippen molar-refractivity contribution in [1.82, 2.24) is 20.1 Å². The number of nitrogens with one attached hydrogen (secondary N) is 1. The molecule has 2 aromatic heterocycles. The molecule has 104 valence electrons. The van der Waals surface area contributed by atoms with Gasteiger partial charge in [0.1, 0.15) is 12.2 Å². The second-order valence-corrected chi connectivity index (χ2v) is 5.66. The molecule has 0 fully saturated rings. The normalized spacial score (nSPS) is 12.8. The van der Waals surface area contributed by atoms with Crippen LogP contribution in [0, 0.1) is 0 Å². The second-order valence-electron chi connectivity index (χ2n) is 4.46. The molecule has 1 N–H and O–H groups in total. The Bertz CT molecular complexity index is 503. The first-order valence-corrected chi connectivity index (χ1v) is 7.78. The molecule has 0 aliphatic rings. The lowest BCUT2D eigenvalue weighted by Gasteiger charge is -2.16. The molecule has 4 nitrogen and oxygen atoms in total. The van der Waals surface area contributed by atoms with E-state index in [1.165, 1.54) is 9.75 Å². The van der Waals surface area contributed by atoms with Gasteiger partial charge in [-0.1, -0.05) is 13.8 Å². The van der Waals surface area contributed by atoms with Crippen LogP contribution in [0.25, 0.3) is 0 Å². The van der Waals surface area contributed by atoms with E-state index in [1.54, 1.807) is 6.33 Å². The van der Waals surface area contributed by atoms with Gasteiger partial charge in [0.05, 0.1) is 0 Å². The van der Waals surface area contributed by atoms with Gasteiger partial charge < -0.3 is 5.32 Å². The van der Waals surface area contributed by atoms with Crippen LogP contribution in [-0.2, 0) is 19.4 Å². The third kappa shape index (κ3) is 3.42. The summed E-state index contributed by atoms with van der Waals surface area (Å²) >= 11 is 1.90. The van der Waals surface area contributed by atoms with E-state index in [0.29, 0.717) is 6.04 Å². The van der Waals surface area contributed by atoms with E-state index in [9.17, 15) is 0 Å². The number of nitrogens with zero attached hydrogens (tertiary/aromatic N) is 3. The first-order valence-electron chi connectivity index (χ1n) is 6.97. The predicted octanol–water partition coefficient (Wildman–Crippen LogP) is 2.82. The minimum atomic E-state index is 0.338. The first kappa shape index (κ1) is 14.2. The van der Waals surface area contributed by atoms with Crippen molar-refractivity contribution in [1.29, 1.82) is 0 Å². The summed E-state index contributed by atoms with van der Waals surface area (Å²) in [6, 6.07) is 4.81. The lowest BCUT2D eigenvalue weighted by molar-refractivity contribution is 0.515. The van der Waals surface area contributed by atoms with Crippen LogP contribution in [0.1, 0.15) is 42.4 Å². The Kier molecular flexibility index (Phi) is 5.10. The molecule has 0 amide bonds. The molecule has 19 heavy (non-hydrogen) atoms. The van der Waals surface area contributed by atoms with Crippen molar-refractivity contribution in [2.45, 2.75) is 46.2 Å². The molecule has 0 saturated heterocycles. The van der Waals surface area contributed by atoms with Gasteiger partial charge in [-0.2, -0.15) is 5.10 Å². The molecule has 5 heteroatoms. The molecule has 0 saturated carbocycles. The van der Waals surface area contributed by atoms with Gasteiger partial charge in [-0.3, -0.25) is 4.68 Å². The molecule has 0 radical (unpaired) electrons. The van der Waals surface area contributed by atoms with E-state index >= 15 is 0 Å². The highest BCUT2D eigenvalue weighted by Gasteiger charge is 2.16. The number of aryl methyl sites for hydroxylation is 2. The van der Waals surface area contributed by atoms with Crippen molar-refractivity contribution in [3.05, 3.63) is 34.0 Å². The van der Waals surface area contributed by atoms with Crippen LogP contribution in [-0.4, -0.2) is 21.3 Å². The van der Waals surface area contributed by atoms with E-state index in [-0.39, 0.29) is 0 Å². The van der Waals surface area contributed by atoms with E-state index in [1.807, 2.05) is 16.0 Å². The van der Waals surface area contributed by atoms with Gasteiger partial charge in [-0.05, 0) is 32.0 Å². The fraction of sp³-hybridized carbons (Fsp3) is 0.571. The van der Waals surface area contributed by atoms with Crippen LogP contribution in [0.3, 0.4) is 0 Å². The van der Waals surface area contributed by atoms with Crippen molar-refractivity contribution in [2.75, 3.05) is 6.54 Å². The largest absolute Gasteiger partial charge is 0.309 e. The highest BCUT2D eigenvalue weighted by atomic mass is 32.1. The van der Waals surface area contributed by atoms with Gasteiger partial charge in [0.2, 0.25) is 0 Å². The lowest BCUT2D eigenvalue weighted by Crippen LogP contribution is -2.23. The summed E-state index contributed by atoms with van der Waals surface area (Å²) in [6.45, 7) is 8.28. The van der Waals surface area contributed by atoms with Crippen LogP contribution in [0.4, 0.5) is 0 Å². The molecular formula is C14H22N4S. The Balaban J connectivity index is 2.16. The van der Waals surface area contributed by atoms with Crippen LogP contribution in [0.2, 0.25) is 0 Å². The fourth-order valence-electron chi connectivity index (χ4n) is 2.18. The minimum Gasteiger partial charge on any atom is -0.309 e. The third-order valence-electron chi connectivity index (χ3n) is 3.21. The summed E-state index contributed by atoms with van der Waals surface area (Å²) in [5.74, 6) is 1.06. The standard InChI is InChI=1S/C14H22N4S/c1-4-11-7-8-13(19-11)12(15-5-2)9-14-16-10-17-18(14)6-3/h7-8,10,12,15H,4-6,9H2,1-3H3. The van der Waals surface area contributed by atoms with E-state index < -0.39 is 0 Å². The van der Waals surface area contributed by atoms with Crippen molar-refractivity contribution in [2.24, 2.45) is 0 Å². The van der Waals surface area contributed by atoms with E-state index in [2.05, 4.69) is 48.3 Å². The maximum absolute atomic E-state index is 4.38. The van der Waals surface area contributed by atoms with E-state index in [0.717, 1.165) is 31.8 Å². The summed E-state index contributed by atoms with van der Waals surface area (Å²) in [5, 5.41) is 7.80.